The Morgan fingerprint density at radius 3 is 2.42 bits per heavy atom. The highest BCUT2D eigenvalue weighted by Crippen LogP contribution is 2.43. The Morgan fingerprint density at radius 1 is 1.32 bits per heavy atom. The normalized spacial score (nSPS) is 18.5. The molecule has 2 N–H and O–H groups in total. The molecule has 2 heterocycles. The molecule has 1 saturated heterocycles. The van der Waals surface area contributed by atoms with E-state index in [9.17, 15) is 14.9 Å². The van der Waals surface area contributed by atoms with Crippen LogP contribution in [0.3, 0.4) is 0 Å². The van der Waals surface area contributed by atoms with E-state index in [1.54, 1.807) is 30.0 Å². The zero-order valence-electron chi connectivity index (χ0n) is 18.4. The van der Waals surface area contributed by atoms with Crippen molar-refractivity contribution in [1.82, 2.24) is 4.90 Å². The Morgan fingerprint density at radius 2 is 1.97 bits per heavy atom. The molecular weight excluding hydrogens is 410 g/mol. The van der Waals surface area contributed by atoms with Crippen LogP contribution in [0.5, 0.6) is 0 Å². The minimum Gasteiger partial charge on any atom is -0.370 e. The Labute approximate surface area is 186 Å². The van der Waals surface area contributed by atoms with Gasteiger partial charge in [-0.3, -0.25) is 4.79 Å². The van der Waals surface area contributed by atoms with Crippen LogP contribution in [0.2, 0.25) is 0 Å². The lowest BCUT2D eigenvalue weighted by Crippen LogP contribution is -2.58. The van der Waals surface area contributed by atoms with E-state index >= 15 is 0 Å². The number of nitrogens with zero attached hydrogens (tertiary/aromatic N) is 4. The number of benzene rings is 1. The zero-order chi connectivity index (χ0) is 23.0. The van der Waals surface area contributed by atoms with Crippen molar-refractivity contribution >= 4 is 35.2 Å². The summed E-state index contributed by atoms with van der Waals surface area (Å²) in [6.45, 7) is 6.37. The summed E-state index contributed by atoms with van der Waals surface area (Å²) in [5.41, 5.74) is 6.37. The number of aldehydes is 1. The lowest BCUT2D eigenvalue weighted by atomic mass is 9.80. The number of β-lactam (4-membered cyclic amide) rings is 1. The Kier molecular flexibility index (Phi) is 5.92. The number of carbonyl (C=O) groups excluding carboxylic acids is 2. The van der Waals surface area contributed by atoms with Gasteiger partial charge in [0.2, 0.25) is 5.91 Å². The van der Waals surface area contributed by atoms with E-state index in [4.69, 9.17) is 10.7 Å². The molecule has 1 aromatic heterocycles. The number of aliphatic imine (C=N–C) groups is 1. The van der Waals surface area contributed by atoms with Gasteiger partial charge in [0.15, 0.2) is 5.96 Å². The average molecular weight is 438 g/mol. The summed E-state index contributed by atoms with van der Waals surface area (Å²) in [7, 11) is 3.56. The van der Waals surface area contributed by atoms with Crippen molar-refractivity contribution in [3.05, 3.63) is 51.7 Å². The van der Waals surface area contributed by atoms with E-state index in [-0.39, 0.29) is 17.3 Å². The molecule has 1 amide bonds. The van der Waals surface area contributed by atoms with Crippen LogP contribution in [0.15, 0.2) is 41.4 Å². The number of hydrogen-bond acceptors (Lipinski definition) is 5. The summed E-state index contributed by atoms with van der Waals surface area (Å²) >= 11 is 1.30. The average Bonchev–Trinajstić information content (AvgIpc) is 3.23. The minimum absolute atomic E-state index is 0.0861. The quantitative estimate of drug-likeness (QED) is 0.324. The van der Waals surface area contributed by atoms with Gasteiger partial charge in [0.1, 0.15) is 22.8 Å². The summed E-state index contributed by atoms with van der Waals surface area (Å²) in [6.07, 6.45) is 0.866. The third-order valence-corrected chi connectivity index (χ3v) is 6.92. The lowest BCUT2D eigenvalue weighted by Gasteiger charge is -2.44. The number of rotatable bonds is 6. The highest BCUT2D eigenvalue weighted by atomic mass is 32.1. The SMILES string of the molecule is CN(C)C(N)=NC(C)(c1ccc(C#N)s1)C(C=O)c1ccc(N2CC(C)(C)C2=O)cc1. The molecule has 162 valence electrons. The van der Waals surface area contributed by atoms with Crippen molar-refractivity contribution in [3.63, 3.8) is 0 Å². The number of thiophene rings is 1. The second kappa shape index (κ2) is 8.16. The summed E-state index contributed by atoms with van der Waals surface area (Å²) in [4.78, 5) is 34.1. The maximum atomic E-state index is 12.3. The van der Waals surface area contributed by atoms with E-state index in [1.807, 2.05) is 51.1 Å². The van der Waals surface area contributed by atoms with Crippen LogP contribution >= 0.6 is 11.3 Å². The maximum absolute atomic E-state index is 12.3. The van der Waals surface area contributed by atoms with Gasteiger partial charge in [-0.2, -0.15) is 5.26 Å². The van der Waals surface area contributed by atoms with Crippen molar-refractivity contribution in [1.29, 1.82) is 5.26 Å². The summed E-state index contributed by atoms with van der Waals surface area (Å²) in [5.74, 6) is -0.261. The van der Waals surface area contributed by atoms with E-state index < -0.39 is 11.5 Å². The molecule has 1 aromatic carbocycles. The fraction of sp³-hybridized carbons (Fsp3) is 0.391. The van der Waals surface area contributed by atoms with E-state index in [0.29, 0.717) is 11.4 Å². The number of amides is 1. The fourth-order valence-corrected chi connectivity index (χ4v) is 4.63. The monoisotopic (exact) mass is 437 g/mol. The van der Waals surface area contributed by atoms with Gasteiger partial charge < -0.3 is 20.3 Å². The van der Waals surface area contributed by atoms with Crippen LogP contribution in [0, 0.1) is 16.7 Å². The van der Waals surface area contributed by atoms with E-state index in [2.05, 4.69) is 6.07 Å². The topological polar surface area (TPSA) is 103 Å². The van der Waals surface area contributed by atoms with Crippen LogP contribution < -0.4 is 10.6 Å². The second-order valence-corrected chi connectivity index (χ2v) is 9.85. The third-order valence-electron chi connectivity index (χ3n) is 5.70. The number of guanidine groups is 1. The van der Waals surface area contributed by atoms with Crippen molar-refractivity contribution in [2.24, 2.45) is 16.1 Å². The minimum atomic E-state index is -0.994. The molecule has 0 bridgehead atoms. The maximum Gasteiger partial charge on any atom is 0.234 e. The summed E-state index contributed by atoms with van der Waals surface area (Å²) in [5, 5.41) is 9.26. The van der Waals surface area contributed by atoms with Gasteiger partial charge in [0.25, 0.3) is 0 Å². The molecule has 1 aliphatic heterocycles. The lowest BCUT2D eigenvalue weighted by molar-refractivity contribution is -0.132. The number of nitrogens with two attached hydrogens (primary N) is 1. The molecule has 0 saturated carbocycles. The summed E-state index contributed by atoms with van der Waals surface area (Å²) < 4.78 is 0. The number of anilines is 1. The predicted octanol–water partition coefficient (Wildman–Crippen LogP) is 3.07. The van der Waals surface area contributed by atoms with Gasteiger partial charge >= 0.3 is 0 Å². The molecular formula is C23H27N5O2S. The molecule has 2 aromatic rings. The fourth-order valence-electron chi connectivity index (χ4n) is 3.70. The molecule has 0 aliphatic carbocycles. The van der Waals surface area contributed by atoms with Gasteiger partial charge in [-0.15, -0.1) is 11.3 Å². The second-order valence-electron chi connectivity index (χ2n) is 8.77. The van der Waals surface area contributed by atoms with Crippen LogP contribution in [-0.2, 0) is 15.1 Å². The molecule has 2 atom stereocenters. The number of hydrogen-bond donors (Lipinski definition) is 1. The first kappa shape index (κ1) is 22.5. The predicted molar refractivity (Wildman–Crippen MR) is 123 cm³/mol. The van der Waals surface area contributed by atoms with Gasteiger partial charge in [0.05, 0.1) is 11.3 Å². The highest BCUT2D eigenvalue weighted by Gasteiger charge is 2.45. The first-order chi connectivity index (χ1) is 14.5. The van der Waals surface area contributed by atoms with E-state index in [0.717, 1.165) is 22.4 Å². The molecule has 8 heteroatoms. The van der Waals surface area contributed by atoms with Gasteiger partial charge in [0, 0.05) is 31.2 Å². The first-order valence-electron chi connectivity index (χ1n) is 9.94. The molecule has 0 radical (unpaired) electrons. The van der Waals surface area contributed by atoms with Gasteiger partial charge in [-0.05, 0) is 50.6 Å². The third kappa shape index (κ3) is 4.06. The Bertz CT molecular complexity index is 1060. The molecule has 3 rings (SSSR count). The van der Waals surface area contributed by atoms with Crippen LogP contribution in [-0.4, -0.2) is 43.7 Å². The van der Waals surface area contributed by atoms with Crippen LogP contribution in [0.4, 0.5) is 5.69 Å². The van der Waals surface area contributed by atoms with Crippen LogP contribution in [0.25, 0.3) is 0 Å². The smallest absolute Gasteiger partial charge is 0.234 e. The first-order valence-corrected chi connectivity index (χ1v) is 10.8. The summed E-state index contributed by atoms with van der Waals surface area (Å²) in [6, 6.07) is 13.1. The number of carbonyl (C=O) groups is 2. The molecule has 2 unspecified atom stereocenters. The van der Waals surface area contributed by atoms with E-state index in [1.165, 1.54) is 11.3 Å². The Hall–Kier alpha value is -3.18. The molecule has 1 aliphatic rings. The molecule has 31 heavy (non-hydrogen) atoms. The van der Waals surface area contributed by atoms with Crippen molar-refractivity contribution in [2.45, 2.75) is 32.2 Å². The molecule has 1 fully saturated rings. The van der Waals surface area contributed by atoms with Crippen LogP contribution in [0.1, 0.15) is 42.0 Å². The zero-order valence-corrected chi connectivity index (χ0v) is 19.2. The van der Waals surface area contributed by atoms with Crippen molar-refractivity contribution in [2.75, 3.05) is 25.5 Å². The largest absolute Gasteiger partial charge is 0.370 e. The van der Waals surface area contributed by atoms with Crippen molar-refractivity contribution in [3.8, 4) is 6.07 Å². The Balaban J connectivity index is 2.01. The highest BCUT2D eigenvalue weighted by molar-refractivity contribution is 7.12. The van der Waals surface area contributed by atoms with Gasteiger partial charge in [-0.25, -0.2) is 4.99 Å². The number of nitriles is 1. The van der Waals surface area contributed by atoms with Gasteiger partial charge in [-0.1, -0.05) is 12.1 Å². The molecule has 0 spiro atoms. The molecule has 7 nitrogen and oxygen atoms in total. The van der Waals surface area contributed by atoms with Crippen molar-refractivity contribution < 1.29 is 9.59 Å². The standard InChI is InChI=1S/C23H27N5O2S/c1-22(2)14-28(20(22)30)16-8-6-15(7-9-16)18(13-29)23(3,26-21(25)27(4)5)19-11-10-17(12-24)31-19/h6-11,13,18H,14H2,1-5H3,(H2,25,26).